The van der Waals surface area contributed by atoms with Crippen molar-refractivity contribution in [3.63, 3.8) is 0 Å². The molecule has 2 aromatic carbocycles. The Morgan fingerprint density at radius 3 is 2.79 bits per heavy atom. The van der Waals surface area contributed by atoms with E-state index in [2.05, 4.69) is 5.32 Å². The number of benzene rings is 2. The first kappa shape index (κ1) is 13.4. The van der Waals surface area contributed by atoms with Crippen molar-refractivity contribution in [3.05, 3.63) is 42.0 Å². The third-order valence-corrected chi connectivity index (χ3v) is 3.07. The summed E-state index contributed by atoms with van der Waals surface area (Å²) in [5.41, 5.74) is 6.80. The number of nitrogens with two attached hydrogens (primary N) is 1. The number of fused-ring (bicyclic) bond motifs is 1. The van der Waals surface area contributed by atoms with Crippen molar-refractivity contribution >= 4 is 16.7 Å². The molecule has 0 aliphatic heterocycles. The zero-order chi connectivity index (χ0) is 13.7. The number of nitrogens with one attached hydrogen (secondary N) is 1. The molecule has 0 atom stereocenters. The van der Waals surface area contributed by atoms with Gasteiger partial charge in [-0.25, -0.2) is 0 Å². The molecule has 2 rings (SSSR count). The van der Waals surface area contributed by atoms with Crippen LogP contribution in [0.3, 0.4) is 0 Å². The molecule has 4 heteroatoms. The summed E-state index contributed by atoms with van der Waals surface area (Å²) >= 11 is 0. The Hall–Kier alpha value is -2.07. The number of hydrogen-bond donors (Lipinski definition) is 2. The van der Waals surface area contributed by atoms with Crippen LogP contribution in [0.2, 0.25) is 0 Å². The topological polar surface area (TPSA) is 64.3 Å². The van der Waals surface area contributed by atoms with Gasteiger partial charge in [0.25, 0.3) is 0 Å². The molecule has 4 nitrogen and oxygen atoms in total. The predicted octanol–water partition coefficient (Wildman–Crippen LogP) is 1.81. The SMILES string of the molecule is CNC(=O)CCOc1ccc2ccccc2c1CN. The second kappa shape index (κ2) is 6.20. The molecule has 0 saturated heterocycles. The van der Waals surface area contributed by atoms with E-state index in [1.54, 1.807) is 7.05 Å². The molecule has 100 valence electrons. The highest BCUT2D eigenvalue weighted by molar-refractivity contribution is 5.87. The van der Waals surface area contributed by atoms with Gasteiger partial charge < -0.3 is 15.8 Å². The molecule has 3 N–H and O–H groups in total. The van der Waals surface area contributed by atoms with Gasteiger partial charge in [-0.15, -0.1) is 0 Å². The molecule has 0 radical (unpaired) electrons. The van der Waals surface area contributed by atoms with Gasteiger partial charge in [-0.2, -0.15) is 0 Å². The number of hydrogen-bond acceptors (Lipinski definition) is 3. The van der Waals surface area contributed by atoms with E-state index in [-0.39, 0.29) is 5.91 Å². The van der Waals surface area contributed by atoms with Gasteiger partial charge in [-0.3, -0.25) is 4.79 Å². The third-order valence-electron chi connectivity index (χ3n) is 3.07. The van der Waals surface area contributed by atoms with E-state index in [1.165, 1.54) is 0 Å². The smallest absolute Gasteiger partial charge is 0.223 e. The number of amides is 1. The fourth-order valence-corrected chi connectivity index (χ4v) is 2.04. The van der Waals surface area contributed by atoms with Crippen LogP contribution in [-0.2, 0) is 11.3 Å². The first-order valence-electron chi connectivity index (χ1n) is 6.30. The molecule has 0 fully saturated rings. The van der Waals surface area contributed by atoms with Gasteiger partial charge in [0.1, 0.15) is 5.75 Å². The molecule has 0 aliphatic carbocycles. The molecule has 1 amide bonds. The van der Waals surface area contributed by atoms with Crippen molar-refractivity contribution in [3.8, 4) is 5.75 Å². The Kier molecular flexibility index (Phi) is 4.36. The van der Waals surface area contributed by atoms with E-state index in [0.717, 1.165) is 22.1 Å². The third kappa shape index (κ3) is 3.03. The summed E-state index contributed by atoms with van der Waals surface area (Å²) in [4.78, 5) is 11.2. The monoisotopic (exact) mass is 258 g/mol. The highest BCUT2D eigenvalue weighted by atomic mass is 16.5. The summed E-state index contributed by atoms with van der Waals surface area (Å²) in [5, 5.41) is 4.81. The average Bonchev–Trinajstić information content (AvgIpc) is 2.46. The molecular formula is C15H18N2O2. The van der Waals surface area contributed by atoms with Crippen LogP contribution in [0.4, 0.5) is 0 Å². The normalized spacial score (nSPS) is 10.4. The summed E-state index contributed by atoms with van der Waals surface area (Å²) in [7, 11) is 1.61. The largest absolute Gasteiger partial charge is 0.493 e. The second-order valence-electron chi connectivity index (χ2n) is 4.24. The van der Waals surface area contributed by atoms with Crippen molar-refractivity contribution < 1.29 is 9.53 Å². The van der Waals surface area contributed by atoms with Crippen LogP contribution in [-0.4, -0.2) is 19.6 Å². The summed E-state index contributed by atoms with van der Waals surface area (Å²) in [6.07, 6.45) is 0.341. The lowest BCUT2D eigenvalue weighted by Crippen LogP contribution is -2.20. The molecule has 0 unspecified atom stereocenters. The first-order valence-corrected chi connectivity index (χ1v) is 6.30. The van der Waals surface area contributed by atoms with Crippen LogP contribution in [0.1, 0.15) is 12.0 Å². The molecule has 0 heterocycles. The maximum Gasteiger partial charge on any atom is 0.223 e. The molecule has 0 aliphatic rings. The minimum atomic E-state index is -0.0323. The van der Waals surface area contributed by atoms with Gasteiger partial charge in [-0.1, -0.05) is 30.3 Å². The Labute approximate surface area is 112 Å². The van der Waals surface area contributed by atoms with E-state index < -0.39 is 0 Å². The van der Waals surface area contributed by atoms with Crippen molar-refractivity contribution in [2.24, 2.45) is 5.73 Å². The average molecular weight is 258 g/mol. The van der Waals surface area contributed by atoms with Crippen LogP contribution in [0.5, 0.6) is 5.75 Å². The highest BCUT2D eigenvalue weighted by Crippen LogP contribution is 2.27. The first-order chi connectivity index (χ1) is 9.26. The van der Waals surface area contributed by atoms with E-state index in [0.29, 0.717) is 19.6 Å². The Morgan fingerprint density at radius 2 is 2.05 bits per heavy atom. The molecule has 0 saturated carbocycles. The molecule has 19 heavy (non-hydrogen) atoms. The van der Waals surface area contributed by atoms with E-state index in [1.807, 2.05) is 36.4 Å². The van der Waals surface area contributed by atoms with Gasteiger partial charge in [0.2, 0.25) is 5.91 Å². The summed E-state index contributed by atoms with van der Waals surface area (Å²) in [6, 6.07) is 12.0. The molecular weight excluding hydrogens is 240 g/mol. The van der Waals surface area contributed by atoms with Crippen molar-refractivity contribution in [1.82, 2.24) is 5.32 Å². The van der Waals surface area contributed by atoms with Crippen LogP contribution >= 0.6 is 0 Å². The van der Waals surface area contributed by atoms with E-state index in [4.69, 9.17) is 10.5 Å². The Morgan fingerprint density at radius 1 is 1.26 bits per heavy atom. The van der Waals surface area contributed by atoms with Gasteiger partial charge in [0.15, 0.2) is 0 Å². The van der Waals surface area contributed by atoms with Crippen LogP contribution < -0.4 is 15.8 Å². The number of rotatable bonds is 5. The van der Waals surface area contributed by atoms with Crippen molar-refractivity contribution in [2.75, 3.05) is 13.7 Å². The second-order valence-corrected chi connectivity index (χ2v) is 4.24. The summed E-state index contributed by atoms with van der Waals surface area (Å²) in [5.74, 6) is 0.722. The van der Waals surface area contributed by atoms with E-state index in [9.17, 15) is 4.79 Å². The Balaban J connectivity index is 2.21. The fraction of sp³-hybridized carbons (Fsp3) is 0.267. The zero-order valence-corrected chi connectivity index (χ0v) is 11.0. The van der Waals surface area contributed by atoms with Crippen LogP contribution in [0.15, 0.2) is 36.4 Å². The lowest BCUT2D eigenvalue weighted by molar-refractivity contribution is -0.121. The molecule has 0 aromatic heterocycles. The van der Waals surface area contributed by atoms with Gasteiger partial charge in [-0.05, 0) is 16.8 Å². The number of ether oxygens (including phenoxy) is 1. The van der Waals surface area contributed by atoms with Gasteiger partial charge in [0.05, 0.1) is 13.0 Å². The maximum atomic E-state index is 11.2. The van der Waals surface area contributed by atoms with Crippen molar-refractivity contribution in [2.45, 2.75) is 13.0 Å². The minimum Gasteiger partial charge on any atom is -0.493 e. The number of carbonyl (C=O) groups is 1. The summed E-state index contributed by atoms with van der Waals surface area (Å²) < 4.78 is 5.67. The molecule has 0 spiro atoms. The zero-order valence-electron chi connectivity index (χ0n) is 11.0. The highest BCUT2D eigenvalue weighted by Gasteiger charge is 2.07. The maximum absolute atomic E-state index is 11.2. The van der Waals surface area contributed by atoms with Gasteiger partial charge >= 0.3 is 0 Å². The lowest BCUT2D eigenvalue weighted by Gasteiger charge is -2.12. The fourth-order valence-electron chi connectivity index (χ4n) is 2.04. The van der Waals surface area contributed by atoms with Crippen molar-refractivity contribution in [1.29, 1.82) is 0 Å². The lowest BCUT2D eigenvalue weighted by atomic mass is 10.0. The molecule has 2 aromatic rings. The van der Waals surface area contributed by atoms with Crippen LogP contribution in [0, 0.1) is 0 Å². The summed E-state index contributed by atoms with van der Waals surface area (Å²) in [6.45, 7) is 0.766. The molecule has 0 bridgehead atoms. The van der Waals surface area contributed by atoms with Gasteiger partial charge in [0, 0.05) is 19.2 Å². The quantitative estimate of drug-likeness (QED) is 0.859. The van der Waals surface area contributed by atoms with E-state index >= 15 is 0 Å². The van der Waals surface area contributed by atoms with Crippen LogP contribution in [0.25, 0.3) is 10.8 Å². The standard InChI is InChI=1S/C15H18N2O2/c1-17-15(18)8-9-19-14-7-6-11-4-2-3-5-12(11)13(14)10-16/h2-7H,8-10,16H2,1H3,(H,17,18). The number of carbonyl (C=O) groups excluding carboxylic acids is 1. The Bertz CT molecular complexity index is 581. The minimum absolute atomic E-state index is 0.0323. The predicted molar refractivity (Wildman–Crippen MR) is 76.0 cm³/mol.